The zero-order valence-corrected chi connectivity index (χ0v) is 4.83. The first kappa shape index (κ1) is 6.01. The highest BCUT2D eigenvalue weighted by atomic mass is 16.2. The lowest BCUT2D eigenvalue weighted by atomic mass is 9.91. The molecule has 3 heteroatoms. The summed E-state index contributed by atoms with van der Waals surface area (Å²) >= 11 is 0. The molecule has 0 aliphatic heterocycles. The third-order valence-corrected chi connectivity index (χ3v) is 1.34. The minimum Gasteiger partial charge on any atom is -0.363 e. The third kappa shape index (κ3) is 0.988. The number of carbonyl (C=O) groups excluding carboxylic acids is 2. The summed E-state index contributed by atoms with van der Waals surface area (Å²) in [6.45, 7) is 0. The van der Waals surface area contributed by atoms with E-state index in [-0.39, 0.29) is 5.92 Å². The van der Waals surface area contributed by atoms with Crippen molar-refractivity contribution in [3.05, 3.63) is 12.2 Å². The first-order valence-electron chi connectivity index (χ1n) is 2.72. The van der Waals surface area contributed by atoms with Crippen LogP contribution in [0.2, 0.25) is 0 Å². The first-order valence-corrected chi connectivity index (χ1v) is 2.72. The Morgan fingerprint density at radius 2 is 2.11 bits per heavy atom. The summed E-state index contributed by atoms with van der Waals surface area (Å²) in [7, 11) is 0. The molecule has 0 fully saturated rings. The Morgan fingerprint density at radius 3 is 2.22 bits per heavy atom. The van der Waals surface area contributed by atoms with Crippen LogP contribution >= 0.6 is 0 Å². The number of nitrogens with two attached hydrogens (primary N) is 1. The Labute approximate surface area is 52.5 Å². The van der Waals surface area contributed by atoms with Crippen molar-refractivity contribution >= 4 is 11.7 Å². The summed E-state index contributed by atoms with van der Waals surface area (Å²) in [5, 5.41) is 0. The van der Waals surface area contributed by atoms with Crippen LogP contribution in [0.15, 0.2) is 12.2 Å². The zero-order valence-electron chi connectivity index (χ0n) is 4.83. The minimum absolute atomic E-state index is 0.220. The van der Waals surface area contributed by atoms with Gasteiger partial charge in [0.15, 0.2) is 0 Å². The monoisotopic (exact) mass is 125 g/mol. The van der Waals surface area contributed by atoms with Crippen LogP contribution in [-0.2, 0) is 9.59 Å². The summed E-state index contributed by atoms with van der Waals surface area (Å²) in [6.07, 6.45) is 4.19. The van der Waals surface area contributed by atoms with Gasteiger partial charge in [0.1, 0.15) is 0 Å². The van der Waals surface area contributed by atoms with E-state index in [1.165, 1.54) is 0 Å². The molecule has 0 aromatic carbocycles. The van der Waals surface area contributed by atoms with E-state index in [0.29, 0.717) is 6.42 Å². The molecule has 9 heavy (non-hydrogen) atoms. The summed E-state index contributed by atoms with van der Waals surface area (Å²) < 4.78 is 0. The number of primary amides is 1. The zero-order chi connectivity index (χ0) is 6.85. The van der Waals surface area contributed by atoms with Crippen molar-refractivity contribution < 1.29 is 9.59 Å². The molecule has 1 aliphatic rings. The largest absolute Gasteiger partial charge is 0.363 e. The van der Waals surface area contributed by atoms with Gasteiger partial charge in [0.25, 0.3) is 5.91 Å². The van der Waals surface area contributed by atoms with E-state index < -0.39 is 11.7 Å². The van der Waals surface area contributed by atoms with Gasteiger partial charge in [-0.05, 0) is 6.42 Å². The van der Waals surface area contributed by atoms with Crippen molar-refractivity contribution in [3.8, 4) is 0 Å². The lowest BCUT2D eigenvalue weighted by Gasteiger charge is -2.12. The second-order valence-corrected chi connectivity index (χ2v) is 2.00. The molecule has 48 valence electrons. The van der Waals surface area contributed by atoms with E-state index in [9.17, 15) is 9.59 Å². The van der Waals surface area contributed by atoms with Gasteiger partial charge in [-0.25, -0.2) is 0 Å². The predicted molar refractivity (Wildman–Crippen MR) is 31.4 cm³/mol. The smallest absolute Gasteiger partial charge is 0.285 e. The highest BCUT2D eigenvalue weighted by molar-refractivity contribution is 6.37. The normalized spacial score (nSPS) is 22.9. The highest BCUT2D eigenvalue weighted by Gasteiger charge is 2.23. The van der Waals surface area contributed by atoms with Crippen molar-refractivity contribution in [2.45, 2.75) is 6.42 Å². The molecular formula is C6H7NO2. The van der Waals surface area contributed by atoms with Gasteiger partial charge in [-0.3, -0.25) is 9.59 Å². The lowest BCUT2D eigenvalue weighted by molar-refractivity contribution is -0.137. The van der Waals surface area contributed by atoms with Crippen molar-refractivity contribution in [3.63, 3.8) is 0 Å². The topological polar surface area (TPSA) is 60.2 Å². The van der Waals surface area contributed by atoms with E-state index >= 15 is 0 Å². The van der Waals surface area contributed by atoms with Gasteiger partial charge < -0.3 is 5.73 Å². The maximum absolute atomic E-state index is 10.6. The number of amides is 1. The second kappa shape index (κ2) is 2.01. The van der Waals surface area contributed by atoms with Crippen LogP contribution < -0.4 is 5.73 Å². The van der Waals surface area contributed by atoms with Crippen LogP contribution in [0, 0.1) is 5.92 Å². The van der Waals surface area contributed by atoms with Gasteiger partial charge in [0.05, 0.1) is 0 Å². The van der Waals surface area contributed by atoms with Crippen LogP contribution in [0.4, 0.5) is 0 Å². The Bertz CT molecular complexity index is 183. The van der Waals surface area contributed by atoms with Gasteiger partial charge in [0, 0.05) is 5.92 Å². The van der Waals surface area contributed by atoms with Crippen LogP contribution in [0.1, 0.15) is 6.42 Å². The summed E-state index contributed by atoms with van der Waals surface area (Å²) in [4.78, 5) is 20.8. The Morgan fingerprint density at radius 1 is 1.56 bits per heavy atom. The molecule has 1 atom stereocenters. The summed E-state index contributed by atoms with van der Waals surface area (Å²) in [5.41, 5.74) is 4.72. The third-order valence-electron chi connectivity index (χ3n) is 1.34. The number of hydrogen-bond donors (Lipinski definition) is 1. The van der Waals surface area contributed by atoms with Crippen LogP contribution in [0.5, 0.6) is 0 Å². The standard InChI is InChI=1S/C6H7NO2/c7-6(9)5(8)4-2-1-3-4/h1-2,4H,3H2,(H2,7,9). The fourth-order valence-electron chi connectivity index (χ4n) is 0.649. The molecule has 0 aromatic heterocycles. The quantitative estimate of drug-likeness (QED) is 0.404. The molecular weight excluding hydrogens is 118 g/mol. The Hall–Kier alpha value is -1.12. The second-order valence-electron chi connectivity index (χ2n) is 2.00. The van der Waals surface area contributed by atoms with Gasteiger partial charge in [0.2, 0.25) is 5.78 Å². The summed E-state index contributed by atoms with van der Waals surface area (Å²) in [6, 6.07) is 0. The molecule has 0 aromatic rings. The van der Waals surface area contributed by atoms with Gasteiger partial charge >= 0.3 is 0 Å². The van der Waals surface area contributed by atoms with Crippen molar-refractivity contribution in [1.29, 1.82) is 0 Å². The van der Waals surface area contributed by atoms with E-state index in [1.54, 1.807) is 6.08 Å². The lowest BCUT2D eigenvalue weighted by Crippen LogP contribution is -2.30. The molecule has 0 spiro atoms. The number of ketones is 1. The van der Waals surface area contributed by atoms with Gasteiger partial charge in [-0.1, -0.05) is 12.2 Å². The maximum atomic E-state index is 10.6. The molecule has 1 aliphatic carbocycles. The van der Waals surface area contributed by atoms with Crippen LogP contribution in [-0.4, -0.2) is 11.7 Å². The number of allylic oxidation sites excluding steroid dienone is 2. The van der Waals surface area contributed by atoms with E-state index in [2.05, 4.69) is 0 Å². The van der Waals surface area contributed by atoms with E-state index in [1.807, 2.05) is 6.08 Å². The number of hydrogen-bond acceptors (Lipinski definition) is 2. The molecule has 1 rings (SSSR count). The molecule has 0 saturated heterocycles. The molecule has 0 saturated carbocycles. The van der Waals surface area contributed by atoms with E-state index in [4.69, 9.17) is 5.73 Å². The minimum atomic E-state index is -0.829. The SMILES string of the molecule is NC(=O)C(=O)C1C=CC1. The first-order chi connectivity index (χ1) is 4.22. The molecule has 3 nitrogen and oxygen atoms in total. The number of carbonyl (C=O) groups is 2. The Kier molecular flexibility index (Phi) is 1.34. The van der Waals surface area contributed by atoms with Crippen molar-refractivity contribution in [1.82, 2.24) is 0 Å². The number of Topliss-reactive ketones (excluding diaryl/α,β-unsaturated/α-hetero) is 1. The van der Waals surface area contributed by atoms with Crippen molar-refractivity contribution in [2.75, 3.05) is 0 Å². The predicted octanol–water partition coefficient (Wildman–Crippen LogP) is -0.383. The molecule has 0 radical (unpaired) electrons. The number of rotatable bonds is 2. The molecule has 1 amide bonds. The average molecular weight is 125 g/mol. The van der Waals surface area contributed by atoms with Crippen LogP contribution in [0.3, 0.4) is 0 Å². The van der Waals surface area contributed by atoms with Crippen LogP contribution in [0.25, 0.3) is 0 Å². The molecule has 2 N–H and O–H groups in total. The van der Waals surface area contributed by atoms with Gasteiger partial charge in [-0.2, -0.15) is 0 Å². The van der Waals surface area contributed by atoms with Crippen molar-refractivity contribution in [2.24, 2.45) is 11.7 Å². The van der Waals surface area contributed by atoms with E-state index in [0.717, 1.165) is 0 Å². The fraction of sp³-hybridized carbons (Fsp3) is 0.333. The van der Waals surface area contributed by atoms with Gasteiger partial charge in [-0.15, -0.1) is 0 Å². The fourth-order valence-corrected chi connectivity index (χ4v) is 0.649. The maximum Gasteiger partial charge on any atom is 0.285 e. The molecule has 0 bridgehead atoms. The summed E-state index contributed by atoms with van der Waals surface area (Å²) in [5.74, 6) is -1.52. The average Bonchev–Trinajstić information content (AvgIpc) is 1.60. The molecule has 1 unspecified atom stereocenters. The highest BCUT2D eigenvalue weighted by Crippen LogP contribution is 2.16. The molecule has 0 heterocycles. The Balaban J connectivity index is 2.53.